The van der Waals surface area contributed by atoms with E-state index in [1.807, 2.05) is 41.1 Å². The van der Waals surface area contributed by atoms with Crippen LogP contribution in [0.4, 0.5) is 0 Å². The second-order valence-corrected chi connectivity index (χ2v) is 10.5. The van der Waals surface area contributed by atoms with E-state index in [2.05, 4.69) is 18.9 Å². The number of pyridine rings is 1. The van der Waals surface area contributed by atoms with Gasteiger partial charge in [0.25, 0.3) is 0 Å². The Bertz CT molecular complexity index is 1400. The Balaban J connectivity index is 1.60. The Hall–Kier alpha value is -3.78. The van der Waals surface area contributed by atoms with E-state index in [-0.39, 0.29) is 23.1 Å². The average Bonchev–Trinajstić information content (AvgIpc) is 3.25. The summed E-state index contributed by atoms with van der Waals surface area (Å²) in [6.45, 7) is 7.81. The highest BCUT2D eigenvalue weighted by atomic mass is 16.5. The lowest BCUT2D eigenvalue weighted by atomic mass is 9.89. The van der Waals surface area contributed by atoms with Crippen molar-refractivity contribution in [2.45, 2.75) is 58.6 Å². The van der Waals surface area contributed by atoms with Gasteiger partial charge in [-0.3, -0.25) is 14.5 Å². The summed E-state index contributed by atoms with van der Waals surface area (Å²) in [7, 11) is 1.68. The summed E-state index contributed by atoms with van der Waals surface area (Å²) in [5, 5.41) is 2.22. The number of hydrogen-bond acceptors (Lipinski definition) is 7. The number of allylic oxidation sites excluding steroid dienone is 4. The van der Waals surface area contributed by atoms with E-state index < -0.39 is 5.97 Å². The van der Waals surface area contributed by atoms with Crippen LogP contribution in [0.2, 0.25) is 0 Å². The summed E-state index contributed by atoms with van der Waals surface area (Å²) in [6.07, 6.45) is 6.74. The lowest BCUT2D eigenvalue weighted by molar-refractivity contribution is 0.0523. The van der Waals surface area contributed by atoms with Gasteiger partial charge in [0.05, 0.1) is 24.4 Å². The van der Waals surface area contributed by atoms with Crippen LogP contribution in [0.1, 0.15) is 68.1 Å². The minimum atomic E-state index is -0.609. The van der Waals surface area contributed by atoms with Crippen LogP contribution < -0.4 is 10.4 Å². The molecule has 0 saturated carbocycles. The standard InChI is InChI=1S/C31H36N2O6/c1-5-37-30(35)24-19-32-26(18-27(24)34)23-17-29(39-20-21-10-7-6-8-11-21)28(38-15-9-14-36-4)16-22(23)25-12-13-31(2,3)33(25)32/h6-8,10-11,17-19H,5,9,12-16,20H2,1-4H3. The molecular weight excluding hydrogens is 496 g/mol. The van der Waals surface area contributed by atoms with E-state index in [1.165, 1.54) is 0 Å². The first kappa shape index (κ1) is 26.8. The maximum absolute atomic E-state index is 13.1. The van der Waals surface area contributed by atoms with Crippen molar-refractivity contribution in [2.24, 2.45) is 0 Å². The summed E-state index contributed by atoms with van der Waals surface area (Å²) in [6, 6.07) is 11.5. The first-order valence-corrected chi connectivity index (χ1v) is 13.5. The summed E-state index contributed by atoms with van der Waals surface area (Å²) in [5.41, 5.74) is 4.43. The van der Waals surface area contributed by atoms with Gasteiger partial charge in [-0.1, -0.05) is 30.3 Å². The number of rotatable bonds is 10. The minimum absolute atomic E-state index is 0.0285. The van der Waals surface area contributed by atoms with E-state index in [1.54, 1.807) is 26.3 Å². The summed E-state index contributed by atoms with van der Waals surface area (Å²) in [4.78, 5) is 25.8. The van der Waals surface area contributed by atoms with Crippen LogP contribution in [0.5, 0.6) is 0 Å². The third-order valence-corrected chi connectivity index (χ3v) is 7.39. The van der Waals surface area contributed by atoms with Crippen molar-refractivity contribution in [1.82, 2.24) is 4.68 Å². The third-order valence-electron chi connectivity index (χ3n) is 7.39. The molecule has 2 aromatic rings. The fourth-order valence-corrected chi connectivity index (χ4v) is 5.46. The number of carbonyl (C=O) groups excluding carboxylic acids is 1. The van der Waals surface area contributed by atoms with Crippen molar-refractivity contribution in [3.8, 4) is 0 Å². The van der Waals surface area contributed by atoms with Crippen molar-refractivity contribution in [3.63, 3.8) is 0 Å². The van der Waals surface area contributed by atoms with Crippen LogP contribution in [-0.2, 0) is 25.6 Å². The molecule has 206 valence electrons. The number of methoxy groups -OCH3 is 1. The van der Waals surface area contributed by atoms with Gasteiger partial charge in [0.2, 0.25) is 0 Å². The smallest absolute Gasteiger partial charge is 0.343 e. The van der Waals surface area contributed by atoms with Crippen LogP contribution in [0.25, 0.3) is 5.57 Å². The highest BCUT2D eigenvalue weighted by Crippen LogP contribution is 2.48. The fraction of sp³-hybridized carbons (Fsp3) is 0.419. The SMILES string of the molecule is CCOC(=O)c1cn2c(cc1=O)C1=CC(OCc3ccccc3)=C(OCCCOC)CC1=C1CCC(C)(C)N12. The molecule has 1 aliphatic carbocycles. The maximum Gasteiger partial charge on any atom is 0.343 e. The van der Waals surface area contributed by atoms with E-state index in [0.29, 0.717) is 32.0 Å². The zero-order valence-electron chi connectivity index (χ0n) is 23.1. The molecule has 1 aromatic carbocycles. The molecule has 1 aromatic heterocycles. The first-order chi connectivity index (χ1) is 18.8. The van der Waals surface area contributed by atoms with E-state index >= 15 is 0 Å². The molecule has 0 bridgehead atoms. The van der Waals surface area contributed by atoms with Crippen LogP contribution in [0.15, 0.2) is 76.3 Å². The molecule has 0 radical (unpaired) electrons. The molecule has 8 nitrogen and oxygen atoms in total. The summed E-state index contributed by atoms with van der Waals surface area (Å²) >= 11 is 0. The van der Waals surface area contributed by atoms with Crippen molar-refractivity contribution in [3.05, 3.63) is 98.5 Å². The lowest BCUT2D eigenvalue weighted by Crippen LogP contribution is -2.49. The molecule has 1 saturated heterocycles. The number of esters is 1. The molecular formula is C31H36N2O6. The zero-order chi connectivity index (χ0) is 27.6. The fourth-order valence-electron chi connectivity index (χ4n) is 5.46. The first-order valence-electron chi connectivity index (χ1n) is 13.5. The Morgan fingerprint density at radius 1 is 1.10 bits per heavy atom. The van der Waals surface area contributed by atoms with Crippen LogP contribution in [0, 0.1) is 0 Å². The molecule has 0 atom stereocenters. The Morgan fingerprint density at radius 3 is 2.64 bits per heavy atom. The minimum Gasteiger partial charge on any atom is -0.494 e. The van der Waals surface area contributed by atoms with Gasteiger partial charge < -0.3 is 18.9 Å². The van der Waals surface area contributed by atoms with E-state index in [9.17, 15) is 9.59 Å². The molecule has 2 aliphatic heterocycles. The highest BCUT2D eigenvalue weighted by molar-refractivity contribution is 5.91. The number of carbonyl (C=O) groups is 1. The molecule has 1 fully saturated rings. The highest BCUT2D eigenvalue weighted by Gasteiger charge is 2.43. The Kier molecular flexibility index (Phi) is 7.66. The lowest BCUT2D eigenvalue weighted by Gasteiger charge is -2.43. The Labute approximate surface area is 229 Å². The molecule has 0 unspecified atom stereocenters. The molecule has 0 amide bonds. The van der Waals surface area contributed by atoms with Crippen LogP contribution in [-0.4, -0.2) is 43.1 Å². The molecule has 0 spiro atoms. The normalized spacial score (nSPS) is 17.3. The largest absolute Gasteiger partial charge is 0.494 e. The number of fused-ring (bicyclic) bond motifs is 5. The van der Waals surface area contributed by atoms with Gasteiger partial charge >= 0.3 is 5.97 Å². The van der Waals surface area contributed by atoms with Crippen LogP contribution >= 0.6 is 0 Å². The number of benzene rings is 1. The molecule has 0 N–H and O–H groups in total. The number of aromatic nitrogens is 1. The molecule has 3 heterocycles. The zero-order valence-corrected chi connectivity index (χ0v) is 23.1. The van der Waals surface area contributed by atoms with Gasteiger partial charge in [-0.2, -0.15) is 0 Å². The van der Waals surface area contributed by atoms with Crippen molar-refractivity contribution in [2.75, 3.05) is 31.9 Å². The van der Waals surface area contributed by atoms with Crippen molar-refractivity contribution >= 4 is 11.5 Å². The summed E-state index contributed by atoms with van der Waals surface area (Å²) in [5.74, 6) is 0.814. The van der Waals surface area contributed by atoms with Gasteiger partial charge in [-0.25, -0.2) is 4.79 Å². The Morgan fingerprint density at radius 2 is 1.90 bits per heavy atom. The second-order valence-electron chi connectivity index (χ2n) is 10.5. The van der Waals surface area contributed by atoms with Gasteiger partial charge in [-0.15, -0.1) is 0 Å². The topological polar surface area (TPSA) is 79.2 Å². The monoisotopic (exact) mass is 532 g/mol. The van der Waals surface area contributed by atoms with Crippen LogP contribution in [0.3, 0.4) is 0 Å². The predicted molar refractivity (Wildman–Crippen MR) is 149 cm³/mol. The van der Waals surface area contributed by atoms with Gasteiger partial charge in [0, 0.05) is 50.1 Å². The third kappa shape index (κ3) is 5.26. The molecule has 5 rings (SSSR count). The van der Waals surface area contributed by atoms with Gasteiger partial charge in [-0.05, 0) is 50.8 Å². The molecule has 8 heteroatoms. The van der Waals surface area contributed by atoms with Gasteiger partial charge in [0.1, 0.15) is 17.9 Å². The van der Waals surface area contributed by atoms with E-state index in [0.717, 1.165) is 53.1 Å². The summed E-state index contributed by atoms with van der Waals surface area (Å²) < 4.78 is 24.9. The average molecular weight is 533 g/mol. The quantitative estimate of drug-likeness (QED) is 0.312. The molecule has 39 heavy (non-hydrogen) atoms. The number of ether oxygens (including phenoxy) is 4. The number of nitrogens with zero attached hydrogens (tertiary/aromatic N) is 2. The number of hydrogen-bond donors (Lipinski definition) is 0. The molecule has 3 aliphatic rings. The van der Waals surface area contributed by atoms with Crippen molar-refractivity contribution in [1.29, 1.82) is 0 Å². The second kappa shape index (κ2) is 11.1. The van der Waals surface area contributed by atoms with Crippen molar-refractivity contribution < 1.29 is 23.7 Å². The van der Waals surface area contributed by atoms with E-state index in [4.69, 9.17) is 18.9 Å². The predicted octanol–water partition coefficient (Wildman–Crippen LogP) is 5.07. The maximum atomic E-state index is 13.1. The van der Waals surface area contributed by atoms with Gasteiger partial charge in [0.15, 0.2) is 11.2 Å².